The zero-order chi connectivity index (χ0) is 9.68. The lowest BCUT2D eigenvalue weighted by Crippen LogP contribution is -2.06. The maximum atomic E-state index is 4.35. The van der Waals surface area contributed by atoms with Crippen molar-refractivity contribution in [2.24, 2.45) is 0 Å². The molecule has 0 saturated heterocycles. The molecule has 0 amide bonds. The number of imidazole rings is 1. The van der Waals surface area contributed by atoms with Crippen LogP contribution in [-0.4, -0.2) is 21.1 Å². The van der Waals surface area contributed by atoms with E-state index in [4.69, 9.17) is 0 Å². The number of hydrogen-bond acceptors (Lipinski definition) is 2. The summed E-state index contributed by atoms with van der Waals surface area (Å²) in [5.74, 6) is 4.12. The van der Waals surface area contributed by atoms with E-state index in [1.165, 1.54) is 17.3 Å². The van der Waals surface area contributed by atoms with Gasteiger partial charge in [-0.2, -0.15) is 11.8 Å². The highest BCUT2D eigenvalue weighted by atomic mass is 32.2. The zero-order valence-corrected chi connectivity index (χ0v) is 9.47. The van der Waals surface area contributed by atoms with Crippen LogP contribution >= 0.6 is 11.8 Å². The molecule has 0 radical (unpaired) electrons. The molecule has 0 atom stereocenters. The summed E-state index contributed by atoms with van der Waals surface area (Å²) in [4.78, 5) is 4.35. The molecule has 2 nitrogen and oxygen atoms in total. The Hall–Kier alpha value is -0.440. The van der Waals surface area contributed by atoms with Crippen molar-refractivity contribution in [1.29, 1.82) is 0 Å². The van der Waals surface area contributed by atoms with Crippen molar-refractivity contribution in [3.05, 3.63) is 18.2 Å². The van der Waals surface area contributed by atoms with Crippen molar-refractivity contribution in [3.63, 3.8) is 0 Å². The molecular weight excluding hydrogens is 180 g/mol. The molecule has 74 valence electrons. The predicted molar refractivity (Wildman–Crippen MR) is 59.3 cm³/mol. The Labute approximate surface area is 84.7 Å². The summed E-state index contributed by atoms with van der Waals surface area (Å²) in [5.41, 5.74) is 0. The SMILES string of the molecule is CCSCCn1ccnc1C(C)C. The Kier molecular flexibility index (Phi) is 4.36. The summed E-state index contributed by atoms with van der Waals surface area (Å²) in [6.07, 6.45) is 3.97. The largest absolute Gasteiger partial charge is 0.334 e. The minimum Gasteiger partial charge on any atom is -0.334 e. The third kappa shape index (κ3) is 3.07. The Morgan fingerprint density at radius 3 is 2.92 bits per heavy atom. The monoisotopic (exact) mass is 198 g/mol. The highest BCUT2D eigenvalue weighted by Gasteiger charge is 2.05. The Morgan fingerprint density at radius 2 is 2.31 bits per heavy atom. The lowest BCUT2D eigenvalue weighted by Gasteiger charge is -2.09. The van der Waals surface area contributed by atoms with Crippen LogP contribution < -0.4 is 0 Å². The lowest BCUT2D eigenvalue weighted by atomic mass is 10.2. The normalized spacial score (nSPS) is 11.1. The molecule has 0 aliphatic carbocycles. The van der Waals surface area contributed by atoms with Gasteiger partial charge in [0, 0.05) is 30.6 Å². The molecule has 0 bridgehead atoms. The van der Waals surface area contributed by atoms with Crippen LogP contribution in [0.1, 0.15) is 32.5 Å². The van der Waals surface area contributed by atoms with E-state index < -0.39 is 0 Å². The smallest absolute Gasteiger partial charge is 0.111 e. The molecule has 1 heterocycles. The Balaban J connectivity index is 2.50. The first-order valence-electron chi connectivity index (χ1n) is 4.84. The van der Waals surface area contributed by atoms with Gasteiger partial charge in [-0.15, -0.1) is 0 Å². The van der Waals surface area contributed by atoms with E-state index in [-0.39, 0.29) is 0 Å². The van der Waals surface area contributed by atoms with Gasteiger partial charge in [-0.1, -0.05) is 20.8 Å². The summed E-state index contributed by atoms with van der Waals surface area (Å²) in [7, 11) is 0. The molecule has 3 heteroatoms. The number of thioether (sulfide) groups is 1. The third-order valence-electron chi connectivity index (χ3n) is 1.94. The first-order valence-corrected chi connectivity index (χ1v) is 6.00. The van der Waals surface area contributed by atoms with Crippen LogP contribution in [0.15, 0.2) is 12.4 Å². The Bertz CT molecular complexity index is 243. The van der Waals surface area contributed by atoms with E-state index in [1.54, 1.807) is 0 Å². The fourth-order valence-electron chi connectivity index (χ4n) is 1.32. The average Bonchev–Trinajstić information content (AvgIpc) is 2.53. The van der Waals surface area contributed by atoms with Crippen LogP contribution in [0.4, 0.5) is 0 Å². The van der Waals surface area contributed by atoms with Crippen LogP contribution in [0.2, 0.25) is 0 Å². The van der Waals surface area contributed by atoms with Gasteiger partial charge in [0.25, 0.3) is 0 Å². The van der Waals surface area contributed by atoms with Gasteiger partial charge in [0.15, 0.2) is 0 Å². The van der Waals surface area contributed by atoms with Gasteiger partial charge >= 0.3 is 0 Å². The molecule has 0 spiro atoms. The van der Waals surface area contributed by atoms with Gasteiger partial charge in [0.05, 0.1) is 0 Å². The van der Waals surface area contributed by atoms with E-state index in [9.17, 15) is 0 Å². The van der Waals surface area contributed by atoms with Crippen molar-refractivity contribution >= 4 is 11.8 Å². The van der Waals surface area contributed by atoms with E-state index in [0.717, 1.165) is 6.54 Å². The molecule has 0 N–H and O–H groups in total. The highest BCUT2D eigenvalue weighted by Crippen LogP contribution is 2.12. The maximum absolute atomic E-state index is 4.35. The summed E-state index contributed by atoms with van der Waals surface area (Å²) in [6.45, 7) is 7.66. The first kappa shape index (κ1) is 10.6. The number of aromatic nitrogens is 2. The molecule has 0 unspecified atom stereocenters. The lowest BCUT2D eigenvalue weighted by molar-refractivity contribution is 0.657. The summed E-state index contributed by atoms with van der Waals surface area (Å²) < 4.78 is 2.26. The van der Waals surface area contributed by atoms with E-state index >= 15 is 0 Å². The fourth-order valence-corrected chi connectivity index (χ4v) is 1.93. The average molecular weight is 198 g/mol. The van der Waals surface area contributed by atoms with Gasteiger partial charge in [-0.3, -0.25) is 0 Å². The minimum atomic E-state index is 0.529. The van der Waals surface area contributed by atoms with E-state index in [0.29, 0.717) is 5.92 Å². The molecule has 0 saturated carbocycles. The van der Waals surface area contributed by atoms with Crippen LogP contribution in [0.3, 0.4) is 0 Å². The predicted octanol–water partition coefficient (Wildman–Crippen LogP) is 2.76. The third-order valence-corrected chi connectivity index (χ3v) is 2.82. The zero-order valence-electron chi connectivity index (χ0n) is 8.66. The van der Waals surface area contributed by atoms with Crippen molar-refractivity contribution in [3.8, 4) is 0 Å². The molecule has 13 heavy (non-hydrogen) atoms. The molecule has 1 aromatic rings. The fraction of sp³-hybridized carbons (Fsp3) is 0.700. The van der Waals surface area contributed by atoms with E-state index in [1.807, 2.05) is 18.0 Å². The number of aryl methyl sites for hydroxylation is 1. The second kappa shape index (κ2) is 5.32. The van der Waals surface area contributed by atoms with Crippen LogP contribution in [0.5, 0.6) is 0 Å². The van der Waals surface area contributed by atoms with Gasteiger partial charge in [0.1, 0.15) is 5.82 Å². The number of rotatable bonds is 5. The molecule has 0 aliphatic heterocycles. The topological polar surface area (TPSA) is 17.8 Å². The minimum absolute atomic E-state index is 0.529. The quantitative estimate of drug-likeness (QED) is 0.677. The second-order valence-corrected chi connectivity index (χ2v) is 4.72. The molecule has 0 aliphatic rings. The van der Waals surface area contributed by atoms with Gasteiger partial charge in [-0.05, 0) is 5.75 Å². The molecule has 1 aromatic heterocycles. The van der Waals surface area contributed by atoms with Crippen LogP contribution in [0.25, 0.3) is 0 Å². The van der Waals surface area contributed by atoms with Crippen molar-refractivity contribution in [2.45, 2.75) is 33.2 Å². The highest BCUT2D eigenvalue weighted by molar-refractivity contribution is 7.99. The Morgan fingerprint density at radius 1 is 1.54 bits per heavy atom. The van der Waals surface area contributed by atoms with Crippen LogP contribution in [0, 0.1) is 0 Å². The van der Waals surface area contributed by atoms with Gasteiger partial charge in [0.2, 0.25) is 0 Å². The standard InChI is InChI=1S/C10H18N2S/c1-4-13-8-7-12-6-5-11-10(12)9(2)3/h5-6,9H,4,7-8H2,1-3H3. The van der Waals surface area contributed by atoms with Crippen molar-refractivity contribution in [1.82, 2.24) is 9.55 Å². The summed E-state index contributed by atoms with van der Waals surface area (Å²) >= 11 is 1.98. The maximum Gasteiger partial charge on any atom is 0.111 e. The summed E-state index contributed by atoms with van der Waals surface area (Å²) in [6, 6.07) is 0. The molecule has 1 rings (SSSR count). The molecule has 0 fully saturated rings. The second-order valence-electron chi connectivity index (χ2n) is 3.33. The molecular formula is C10H18N2S. The van der Waals surface area contributed by atoms with Crippen molar-refractivity contribution < 1.29 is 0 Å². The van der Waals surface area contributed by atoms with Crippen molar-refractivity contribution in [2.75, 3.05) is 11.5 Å². The van der Waals surface area contributed by atoms with E-state index in [2.05, 4.69) is 36.5 Å². The van der Waals surface area contributed by atoms with Gasteiger partial charge < -0.3 is 4.57 Å². The van der Waals surface area contributed by atoms with Gasteiger partial charge in [-0.25, -0.2) is 4.98 Å². The van der Waals surface area contributed by atoms with Crippen LogP contribution in [-0.2, 0) is 6.54 Å². The molecule has 0 aromatic carbocycles. The number of hydrogen-bond donors (Lipinski definition) is 0. The number of nitrogens with zero attached hydrogens (tertiary/aromatic N) is 2. The first-order chi connectivity index (χ1) is 6.25. The summed E-state index contributed by atoms with van der Waals surface area (Å²) in [5, 5.41) is 0.